The van der Waals surface area contributed by atoms with Crippen molar-refractivity contribution in [3.8, 4) is 27.9 Å². The van der Waals surface area contributed by atoms with E-state index in [1.807, 2.05) is 11.3 Å². The molecule has 2 aliphatic carbocycles. The van der Waals surface area contributed by atoms with Crippen molar-refractivity contribution >= 4 is 104 Å². The molecule has 2 aliphatic heterocycles. The lowest BCUT2D eigenvalue weighted by Crippen LogP contribution is -2.60. The quantitative estimate of drug-likeness (QED) is 0.153. The minimum atomic E-state index is -0.173. The Bertz CT molecular complexity index is 4110. The Morgan fingerprint density at radius 2 is 1.22 bits per heavy atom. The molecule has 0 spiro atoms. The first-order chi connectivity index (χ1) is 32.6. The molecule has 0 saturated heterocycles. The number of benzene rings is 8. The van der Waals surface area contributed by atoms with Crippen molar-refractivity contribution in [1.82, 2.24) is 4.57 Å². The molecule has 0 fully saturated rings. The van der Waals surface area contributed by atoms with Gasteiger partial charge in [0.2, 0.25) is 0 Å². The molecular weight excluding hydrogens is 844 g/mol. The first-order valence-electron chi connectivity index (χ1n) is 24.7. The zero-order valence-electron chi connectivity index (χ0n) is 40.4. The fourth-order valence-corrected chi connectivity index (χ4v) is 14.6. The summed E-state index contributed by atoms with van der Waals surface area (Å²) in [6.45, 7) is 21.7. The summed E-state index contributed by atoms with van der Waals surface area (Å²) < 4.78 is 11.9. The van der Waals surface area contributed by atoms with Crippen LogP contribution in [0.3, 0.4) is 0 Å². The van der Waals surface area contributed by atoms with Crippen LogP contribution in [0.1, 0.15) is 103 Å². The summed E-state index contributed by atoms with van der Waals surface area (Å²) in [6, 6.07) is 52.2. The Kier molecular flexibility index (Phi) is 7.28. The van der Waals surface area contributed by atoms with Gasteiger partial charge < -0.3 is 13.8 Å². The number of thiophene rings is 1. The summed E-state index contributed by atoms with van der Waals surface area (Å²) in [5.74, 6) is 0. The van der Waals surface area contributed by atoms with E-state index in [1.54, 1.807) is 0 Å². The SMILES string of the molecule is CC(C)(C)c1ccc(N2B3c4cc5c(cc4-n4c6cc7oc8ccccc8c7cc6c6ccc(c3c64)-c3cc4c(cc32)-c2cc3c(cc2C4(C)C)C(C)(C)CCC3(C)C)sc2ccccc25)cc1. The van der Waals surface area contributed by atoms with Gasteiger partial charge in [0.15, 0.2) is 0 Å². The van der Waals surface area contributed by atoms with Gasteiger partial charge in [0.1, 0.15) is 11.2 Å². The summed E-state index contributed by atoms with van der Waals surface area (Å²) in [6.07, 6.45) is 2.40. The molecule has 68 heavy (non-hydrogen) atoms. The van der Waals surface area contributed by atoms with Crippen LogP contribution in [0.2, 0.25) is 0 Å². The standard InChI is InChI=1S/C63H53BN2OS/c1-60(2,3)34-18-20-35(21-19-34)66-52-30-41-40-27-48-49(62(6,7)25-24-61(48,4)5)31-47(40)63(8,9)46(41)28-43(52)38-22-23-39-42-26-44-36-14-10-12-16-54(36)67-55(44)32-51(42)65-53-33-57-45(37-15-11-13-17-56(37)68-57)29-50(53)64(66)58(38)59(39)65/h10-23,26-33H,24-25H2,1-9H3. The van der Waals surface area contributed by atoms with Crippen LogP contribution >= 0.6 is 11.3 Å². The van der Waals surface area contributed by atoms with Gasteiger partial charge in [0.25, 0.3) is 0 Å². The second-order valence-electron chi connectivity index (χ2n) is 23.5. The van der Waals surface area contributed by atoms with Crippen LogP contribution in [0.4, 0.5) is 11.4 Å². The maximum absolute atomic E-state index is 6.66. The van der Waals surface area contributed by atoms with Gasteiger partial charge in [-0.05, 0) is 139 Å². The van der Waals surface area contributed by atoms with Crippen LogP contribution in [0.5, 0.6) is 0 Å². The number of para-hydroxylation sites is 1. The zero-order chi connectivity index (χ0) is 46.1. The lowest BCUT2D eigenvalue weighted by atomic mass is 9.44. The van der Waals surface area contributed by atoms with Crippen molar-refractivity contribution in [3.63, 3.8) is 0 Å². The second-order valence-corrected chi connectivity index (χ2v) is 24.6. The number of furan rings is 1. The van der Waals surface area contributed by atoms with Gasteiger partial charge in [-0.1, -0.05) is 135 Å². The molecule has 0 N–H and O–H groups in total. The van der Waals surface area contributed by atoms with Crippen molar-refractivity contribution in [3.05, 3.63) is 161 Å². The average Bonchev–Trinajstić information content (AvgIpc) is 4.03. The van der Waals surface area contributed by atoms with E-state index in [9.17, 15) is 0 Å². The van der Waals surface area contributed by atoms with Gasteiger partial charge in [0, 0.05) is 75.8 Å². The van der Waals surface area contributed by atoms with Crippen LogP contribution in [-0.2, 0) is 21.7 Å². The minimum absolute atomic E-state index is 0.0309. The van der Waals surface area contributed by atoms with E-state index >= 15 is 0 Å². The van der Waals surface area contributed by atoms with E-state index in [-0.39, 0.29) is 28.5 Å². The van der Waals surface area contributed by atoms with E-state index in [0.29, 0.717) is 0 Å². The van der Waals surface area contributed by atoms with Gasteiger partial charge in [-0.25, -0.2) is 0 Å². The third-order valence-corrected chi connectivity index (χ3v) is 18.5. The number of hydrogen-bond acceptors (Lipinski definition) is 3. The third kappa shape index (κ3) is 4.91. The van der Waals surface area contributed by atoms with E-state index in [0.717, 1.165) is 21.9 Å². The highest BCUT2D eigenvalue weighted by Gasteiger charge is 2.48. The number of rotatable bonds is 1. The Morgan fingerprint density at radius 1 is 0.529 bits per heavy atom. The predicted octanol–water partition coefficient (Wildman–Crippen LogP) is 16.2. The molecule has 0 atom stereocenters. The Hall–Kier alpha value is -6.56. The average molecular weight is 897 g/mol. The molecule has 0 unspecified atom stereocenters. The molecule has 4 aliphatic rings. The van der Waals surface area contributed by atoms with Crippen LogP contribution in [0, 0.1) is 0 Å². The maximum Gasteiger partial charge on any atom is 0.333 e. The number of hydrogen-bond donors (Lipinski definition) is 0. The highest BCUT2D eigenvalue weighted by Crippen LogP contribution is 2.58. The molecule has 3 aromatic heterocycles. The fourth-order valence-electron chi connectivity index (χ4n) is 13.5. The first kappa shape index (κ1) is 39.4. The number of anilines is 2. The monoisotopic (exact) mass is 896 g/mol. The highest BCUT2D eigenvalue weighted by molar-refractivity contribution is 7.26. The smallest absolute Gasteiger partial charge is 0.333 e. The van der Waals surface area contributed by atoms with Crippen molar-refractivity contribution < 1.29 is 4.42 Å². The minimum Gasteiger partial charge on any atom is -0.456 e. The molecule has 11 aromatic rings. The molecule has 0 radical (unpaired) electrons. The first-order valence-corrected chi connectivity index (χ1v) is 25.5. The van der Waals surface area contributed by atoms with Crippen LogP contribution in [-0.4, -0.2) is 11.4 Å². The van der Waals surface area contributed by atoms with Gasteiger partial charge in [-0.3, -0.25) is 0 Å². The van der Waals surface area contributed by atoms with E-state index in [2.05, 4.69) is 205 Å². The lowest BCUT2D eigenvalue weighted by Gasteiger charge is -2.42. The summed E-state index contributed by atoms with van der Waals surface area (Å²) in [7, 11) is 0. The maximum atomic E-state index is 6.66. The molecule has 8 aromatic carbocycles. The summed E-state index contributed by atoms with van der Waals surface area (Å²) >= 11 is 1.90. The second kappa shape index (κ2) is 12.6. The Morgan fingerprint density at radius 3 is 2.00 bits per heavy atom. The highest BCUT2D eigenvalue weighted by atomic mass is 32.1. The van der Waals surface area contributed by atoms with Crippen molar-refractivity contribution in [2.24, 2.45) is 0 Å². The molecule has 5 heteroatoms. The molecule has 0 saturated carbocycles. The zero-order valence-corrected chi connectivity index (χ0v) is 41.2. The number of fused-ring (bicyclic) bond motifs is 18. The molecule has 15 rings (SSSR count). The van der Waals surface area contributed by atoms with Crippen LogP contribution < -0.4 is 15.7 Å². The molecule has 0 amide bonds. The fraction of sp³-hybridized carbons (Fsp3) is 0.238. The lowest BCUT2D eigenvalue weighted by molar-refractivity contribution is 0.331. The largest absolute Gasteiger partial charge is 0.456 e. The topological polar surface area (TPSA) is 21.3 Å². The van der Waals surface area contributed by atoms with E-state index in [4.69, 9.17) is 4.42 Å². The third-order valence-electron chi connectivity index (χ3n) is 17.4. The number of aromatic nitrogens is 1. The molecule has 3 nitrogen and oxygen atoms in total. The summed E-state index contributed by atoms with van der Waals surface area (Å²) in [4.78, 5) is 2.74. The van der Waals surface area contributed by atoms with Gasteiger partial charge in [-0.2, -0.15) is 0 Å². The van der Waals surface area contributed by atoms with Crippen LogP contribution in [0.15, 0.2) is 138 Å². The number of nitrogens with zero attached hydrogens (tertiary/aromatic N) is 2. The van der Waals surface area contributed by atoms with E-state index in [1.165, 1.54) is 133 Å². The Labute approximate surface area is 402 Å². The molecule has 330 valence electrons. The van der Waals surface area contributed by atoms with Crippen molar-refractivity contribution in [1.29, 1.82) is 0 Å². The molecule has 0 bridgehead atoms. The van der Waals surface area contributed by atoms with Gasteiger partial charge in [-0.15, -0.1) is 11.3 Å². The van der Waals surface area contributed by atoms with Crippen molar-refractivity contribution in [2.45, 2.75) is 96.8 Å². The molecular formula is C63H53BN2OS. The Balaban J connectivity index is 1.09. The summed E-state index contributed by atoms with van der Waals surface area (Å²) in [5.41, 5.74) is 23.6. The van der Waals surface area contributed by atoms with Crippen LogP contribution in [0.25, 0.3) is 91.9 Å². The van der Waals surface area contributed by atoms with Gasteiger partial charge in [0.05, 0.1) is 11.0 Å². The summed E-state index contributed by atoms with van der Waals surface area (Å²) in [5, 5.41) is 7.52. The normalized spacial score (nSPS) is 17.1. The van der Waals surface area contributed by atoms with Crippen molar-refractivity contribution in [2.75, 3.05) is 4.81 Å². The predicted molar refractivity (Wildman–Crippen MR) is 292 cm³/mol. The van der Waals surface area contributed by atoms with Gasteiger partial charge >= 0.3 is 6.85 Å². The van der Waals surface area contributed by atoms with E-state index < -0.39 is 0 Å². The molecule has 5 heterocycles.